The van der Waals surface area contributed by atoms with Crippen LogP contribution < -0.4 is 10.2 Å². The zero-order valence-electron chi connectivity index (χ0n) is 12.5. The molecule has 1 heterocycles. The van der Waals surface area contributed by atoms with Crippen molar-refractivity contribution in [2.45, 2.75) is 25.8 Å². The molecule has 1 aromatic carbocycles. The van der Waals surface area contributed by atoms with Gasteiger partial charge >= 0.3 is 12.0 Å². The highest BCUT2D eigenvalue weighted by atomic mass is 16.5. The fourth-order valence-corrected chi connectivity index (χ4v) is 2.47. The molecule has 0 aromatic heterocycles. The maximum absolute atomic E-state index is 12.3. The molecular formula is C15H20N2O4. The number of aryl methyl sites for hydroxylation is 2. The van der Waals surface area contributed by atoms with Crippen LogP contribution >= 0.6 is 0 Å². The summed E-state index contributed by atoms with van der Waals surface area (Å²) in [6.45, 7) is 4.22. The van der Waals surface area contributed by atoms with Gasteiger partial charge < -0.3 is 15.2 Å². The lowest BCUT2D eigenvalue weighted by molar-refractivity contribution is -0.144. The first-order valence-electron chi connectivity index (χ1n) is 6.80. The van der Waals surface area contributed by atoms with E-state index in [2.05, 4.69) is 5.32 Å². The van der Waals surface area contributed by atoms with Crippen LogP contribution in [0.4, 0.5) is 10.5 Å². The quantitative estimate of drug-likeness (QED) is 0.888. The Bertz CT molecular complexity index is 565. The molecule has 1 unspecified atom stereocenters. The molecule has 2 N–H and O–H groups in total. The maximum Gasteiger partial charge on any atom is 0.332 e. The molecular weight excluding hydrogens is 272 g/mol. The number of anilines is 1. The van der Waals surface area contributed by atoms with Crippen molar-refractivity contribution in [2.24, 2.45) is 0 Å². The molecule has 1 saturated heterocycles. The van der Waals surface area contributed by atoms with Crippen molar-refractivity contribution >= 4 is 17.7 Å². The summed E-state index contributed by atoms with van der Waals surface area (Å²) in [5, 5.41) is 11.9. The van der Waals surface area contributed by atoms with Crippen LogP contribution in [0.2, 0.25) is 0 Å². The first kappa shape index (κ1) is 15.3. The fraction of sp³-hybridized carbons (Fsp3) is 0.467. The minimum absolute atomic E-state index is 0.00517. The van der Waals surface area contributed by atoms with Crippen LogP contribution in [0.1, 0.15) is 17.5 Å². The molecule has 1 aliphatic heterocycles. The third-order valence-electron chi connectivity index (χ3n) is 3.80. The number of carbonyl (C=O) groups excluding carboxylic acids is 1. The highest BCUT2D eigenvalue weighted by Gasteiger charge is 2.44. The van der Waals surface area contributed by atoms with Crippen molar-refractivity contribution in [3.8, 4) is 0 Å². The van der Waals surface area contributed by atoms with Crippen molar-refractivity contribution in [2.75, 3.05) is 25.2 Å². The summed E-state index contributed by atoms with van der Waals surface area (Å²) in [4.78, 5) is 25.2. The van der Waals surface area contributed by atoms with Gasteiger partial charge in [0.05, 0.1) is 6.61 Å². The van der Waals surface area contributed by atoms with E-state index in [9.17, 15) is 14.7 Å². The van der Waals surface area contributed by atoms with Gasteiger partial charge in [0.25, 0.3) is 0 Å². The Morgan fingerprint density at radius 1 is 1.38 bits per heavy atom. The molecule has 21 heavy (non-hydrogen) atoms. The molecule has 1 fully saturated rings. The topological polar surface area (TPSA) is 78.9 Å². The van der Waals surface area contributed by atoms with E-state index >= 15 is 0 Å². The number of carboxylic acids is 1. The maximum atomic E-state index is 12.3. The third kappa shape index (κ3) is 3.00. The number of benzene rings is 1. The minimum atomic E-state index is -1.33. The van der Waals surface area contributed by atoms with Crippen molar-refractivity contribution in [1.82, 2.24) is 5.32 Å². The third-order valence-corrected chi connectivity index (χ3v) is 3.80. The molecule has 6 heteroatoms. The number of carbonyl (C=O) groups is 2. The molecule has 0 aliphatic carbocycles. The molecule has 0 bridgehead atoms. The summed E-state index contributed by atoms with van der Waals surface area (Å²) < 4.78 is 5.13. The molecule has 1 aromatic rings. The lowest BCUT2D eigenvalue weighted by atomic mass is 9.99. The summed E-state index contributed by atoms with van der Waals surface area (Å²) in [6, 6.07) is 5.29. The van der Waals surface area contributed by atoms with Crippen molar-refractivity contribution in [3.05, 3.63) is 29.3 Å². The van der Waals surface area contributed by atoms with E-state index in [1.54, 1.807) is 7.05 Å². The van der Waals surface area contributed by atoms with Crippen LogP contribution in [0, 0.1) is 13.8 Å². The summed E-state index contributed by atoms with van der Waals surface area (Å²) in [5.74, 6) is -1.07. The number of nitrogens with one attached hydrogen (secondary N) is 1. The van der Waals surface area contributed by atoms with Crippen LogP contribution in [-0.2, 0) is 9.53 Å². The normalized spacial score (nSPS) is 21.1. The van der Waals surface area contributed by atoms with Gasteiger partial charge in [-0.25, -0.2) is 9.59 Å². The van der Waals surface area contributed by atoms with E-state index in [1.165, 1.54) is 4.90 Å². The van der Waals surface area contributed by atoms with E-state index in [-0.39, 0.29) is 13.0 Å². The molecule has 1 aliphatic rings. The van der Waals surface area contributed by atoms with Crippen molar-refractivity contribution < 1.29 is 19.4 Å². The average molecular weight is 292 g/mol. The molecule has 2 amide bonds. The second-order valence-corrected chi connectivity index (χ2v) is 5.47. The fourth-order valence-electron chi connectivity index (χ4n) is 2.47. The van der Waals surface area contributed by atoms with Crippen LogP contribution in [0.3, 0.4) is 0 Å². The van der Waals surface area contributed by atoms with E-state index in [0.717, 1.165) is 16.8 Å². The average Bonchev–Trinajstić information content (AvgIpc) is 2.88. The lowest BCUT2D eigenvalue weighted by Gasteiger charge is -2.28. The van der Waals surface area contributed by atoms with Crippen LogP contribution in [0.5, 0.6) is 0 Å². The summed E-state index contributed by atoms with van der Waals surface area (Å²) >= 11 is 0. The Kier molecular flexibility index (Phi) is 4.18. The first-order valence-corrected chi connectivity index (χ1v) is 6.80. The smallest absolute Gasteiger partial charge is 0.332 e. The van der Waals surface area contributed by atoms with Gasteiger partial charge in [-0.2, -0.15) is 0 Å². The SMILES string of the molecule is Cc1ccc(N(C)C(=O)NC2(C(=O)O)CCOC2)c(C)c1. The second kappa shape index (κ2) is 5.73. The number of ether oxygens (including phenoxy) is 1. The number of carboxylic acid groups (broad SMARTS) is 1. The minimum Gasteiger partial charge on any atom is -0.479 e. The van der Waals surface area contributed by atoms with Crippen molar-refractivity contribution in [3.63, 3.8) is 0 Å². The van der Waals surface area contributed by atoms with Crippen molar-refractivity contribution in [1.29, 1.82) is 0 Å². The number of hydrogen-bond acceptors (Lipinski definition) is 3. The Morgan fingerprint density at radius 3 is 2.62 bits per heavy atom. The largest absolute Gasteiger partial charge is 0.479 e. The van der Waals surface area contributed by atoms with Crippen LogP contribution in [0.25, 0.3) is 0 Å². The van der Waals surface area contributed by atoms with Gasteiger partial charge in [0.15, 0.2) is 5.54 Å². The van der Waals surface area contributed by atoms with E-state index < -0.39 is 17.5 Å². The summed E-state index contributed by atoms with van der Waals surface area (Å²) in [5.41, 5.74) is 1.48. The number of rotatable bonds is 3. The van der Waals surface area contributed by atoms with E-state index in [1.807, 2.05) is 32.0 Å². The standard InChI is InChI=1S/C15H20N2O4/c1-10-4-5-12(11(2)8-10)17(3)14(20)16-15(13(18)19)6-7-21-9-15/h4-5,8H,6-7,9H2,1-3H3,(H,16,20)(H,18,19). The van der Waals surface area contributed by atoms with Crippen LogP contribution in [0.15, 0.2) is 18.2 Å². The summed E-state index contributed by atoms with van der Waals surface area (Å²) in [6.07, 6.45) is 0.273. The predicted octanol–water partition coefficient (Wildman–Crippen LogP) is 1.69. The highest BCUT2D eigenvalue weighted by molar-refractivity contribution is 5.96. The van der Waals surface area contributed by atoms with Gasteiger partial charge in [-0.1, -0.05) is 17.7 Å². The molecule has 0 saturated carbocycles. The molecule has 0 spiro atoms. The molecule has 1 atom stereocenters. The predicted molar refractivity (Wildman–Crippen MR) is 78.7 cm³/mol. The van der Waals surface area contributed by atoms with E-state index in [4.69, 9.17) is 4.74 Å². The molecule has 0 radical (unpaired) electrons. The van der Waals surface area contributed by atoms with Gasteiger partial charge in [0.1, 0.15) is 0 Å². The van der Waals surface area contributed by atoms with Gasteiger partial charge in [0.2, 0.25) is 0 Å². The molecule has 2 rings (SSSR count). The monoisotopic (exact) mass is 292 g/mol. The molecule has 114 valence electrons. The number of aliphatic carboxylic acids is 1. The van der Waals surface area contributed by atoms with Gasteiger partial charge in [-0.05, 0) is 25.5 Å². The second-order valence-electron chi connectivity index (χ2n) is 5.47. The van der Waals surface area contributed by atoms with Gasteiger partial charge in [0, 0.05) is 25.8 Å². The van der Waals surface area contributed by atoms with Gasteiger partial charge in [-0.3, -0.25) is 4.90 Å². The number of nitrogens with zero attached hydrogens (tertiary/aromatic N) is 1. The van der Waals surface area contributed by atoms with E-state index in [0.29, 0.717) is 6.61 Å². The zero-order valence-corrected chi connectivity index (χ0v) is 12.5. The highest BCUT2D eigenvalue weighted by Crippen LogP contribution is 2.23. The summed E-state index contributed by atoms with van der Waals surface area (Å²) in [7, 11) is 1.62. The Labute approximate surface area is 123 Å². The number of urea groups is 1. The Morgan fingerprint density at radius 2 is 2.10 bits per heavy atom. The Balaban J connectivity index is 2.17. The zero-order chi connectivity index (χ0) is 15.6. The Hall–Kier alpha value is -2.08. The van der Waals surface area contributed by atoms with Crippen LogP contribution in [-0.4, -0.2) is 42.9 Å². The van der Waals surface area contributed by atoms with Gasteiger partial charge in [-0.15, -0.1) is 0 Å². The molecule has 6 nitrogen and oxygen atoms in total. The number of amides is 2. The lowest BCUT2D eigenvalue weighted by Crippen LogP contribution is -2.58. The number of hydrogen-bond donors (Lipinski definition) is 2. The first-order chi connectivity index (χ1) is 9.85.